The summed E-state index contributed by atoms with van der Waals surface area (Å²) in [5, 5.41) is 0. The van der Waals surface area contributed by atoms with Crippen molar-refractivity contribution < 1.29 is 0 Å². The highest BCUT2D eigenvalue weighted by molar-refractivity contribution is 9.10. The smallest absolute Gasteiger partial charge is 0.0176 e. The quantitative estimate of drug-likeness (QED) is 0.217. The molecular formula is C33H37BrS. The summed E-state index contributed by atoms with van der Waals surface area (Å²) in [6, 6.07) is 37.2. The molecule has 0 spiro atoms. The molecule has 0 aliphatic heterocycles. The van der Waals surface area contributed by atoms with E-state index in [-0.39, 0.29) is 0 Å². The van der Waals surface area contributed by atoms with E-state index in [1.165, 1.54) is 36.3 Å². The van der Waals surface area contributed by atoms with Gasteiger partial charge in [0.1, 0.15) is 0 Å². The van der Waals surface area contributed by atoms with E-state index in [2.05, 4.69) is 155 Å². The van der Waals surface area contributed by atoms with E-state index in [1.54, 1.807) is 0 Å². The van der Waals surface area contributed by atoms with Crippen LogP contribution >= 0.6 is 26.0 Å². The lowest BCUT2D eigenvalue weighted by Crippen LogP contribution is -2.06. The first-order valence-corrected chi connectivity index (χ1v) is 15.0. The van der Waals surface area contributed by atoms with Crippen LogP contribution in [0.2, 0.25) is 0 Å². The minimum absolute atomic E-state index is 0.511. The molecule has 4 aromatic rings. The van der Waals surface area contributed by atoms with Gasteiger partial charge in [0.05, 0.1) is 0 Å². The average Bonchev–Trinajstić information content (AvgIpc) is 2.86. The van der Waals surface area contributed by atoms with Gasteiger partial charge in [0.15, 0.2) is 0 Å². The zero-order valence-corrected chi connectivity index (χ0v) is 24.2. The second-order valence-electron chi connectivity index (χ2n) is 10.2. The summed E-state index contributed by atoms with van der Waals surface area (Å²) < 4.78 is 1.11. The Morgan fingerprint density at radius 2 is 0.629 bits per heavy atom. The van der Waals surface area contributed by atoms with Crippen molar-refractivity contribution in [2.45, 2.75) is 78.9 Å². The predicted octanol–water partition coefficient (Wildman–Crippen LogP) is 11.2. The Bertz CT molecular complexity index is 1110. The minimum atomic E-state index is -1.68. The highest BCUT2D eigenvalue weighted by Crippen LogP contribution is 2.73. The van der Waals surface area contributed by atoms with Gasteiger partial charge in [0.25, 0.3) is 0 Å². The SMILES string of the molecule is CC(C)c1ccc(S(c2ccc(Br)cc2)(c2ccc(C(C)C)cc2)c2ccc(C(C)C)cc2)cc1. The maximum Gasteiger partial charge on any atom is 0.0176 e. The van der Waals surface area contributed by atoms with E-state index in [0.717, 1.165) is 4.47 Å². The largest absolute Gasteiger partial charge is 0.133 e. The lowest BCUT2D eigenvalue weighted by atomic mass is 10.0. The third-order valence-corrected chi connectivity index (χ3v) is 11.3. The molecule has 4 rings (SSSR count). The van der Waals surface area contributed by atoms with Crippen LogP contribution in [0.25, 0.3) is 0 Å². The molecule has 0 N–H and O–H groups in total. The van der Waals surface area contributed by atoms with Crippen LogP contribution in [0.15, 0.2) is 121 Å². The zero-order valence-electron chi connectivity index (χ0n) is 21.8. The molecule has 0 heterocycles. The van der Waals surface area contributed by atoms with E-state index in [0.29, 0.717) is 17.8 Å². The topological polar surface area (TPSA) is 0 Å². The van der Waals surface area contributed by atoms with Crippen molar-refractivity contribution in [3.05, 3.63) is 118 Å². The normalized spacial score (nSPS) is 12.5. The molecule has 0 aliphatic carbocycles. The fourth-order valence-corrected chi connectivity index (χ4v) is 8.70. The third kappa shape index (κ3) is 5.15. The molecule has 0 aromatic heterocycles. The van der Waals surface area contributed by atoms with E-state index >= 15 is 0 Å². The second-order valence-corrected chi connectivity index (χ2v) is 14.3. The molecule has 0 saturated heterocycles. The molecule has 0 unspecified atom stereocenters. The van der Waals surface area contributed by atoms with Gasteiger partial charge < -0.3 is 0 Å². The molecule has 0 amide bonds. The molecular weight excluding hydrogens is 508 g/mol. The molecule has 182 valence electrons. The molecule has 35 heavy (non-hydrogen) atoms. The zero-order chi connectivity index (χ0) is 25.2. The predicted molar refractivity (Wildman–Crippen MR) is 156 cm³/mol. The number of benzene rings is 4. The molecule has 2 heteroatoms. The van der Waals surface area contributed by atoms with Gasteiger partial charge in [-0.15, -0.1) is 10.0 Å². The number of hydrogen-bond acceptors (Lipinski definition) is 0. The third-order valence-electron chi connectivity index (χ3n) is 6.87. The molecule has 0 aliphatic rings. The molecule has 0 radical (unpaired) electrons. The van der Waals surface area contributed by atoms with Crippen LogP contribution in [-0.2, 0) is 0 Å². The van der Waals surface area contributed by atoms with Gasteiger partial charge in [0.2, 0.25) is 0 Å². The Hall–Kier alpha value is -2.29. The van der Waals surface area contributed by atoms with Gasteiger partial charge >= 0.3 is 0 Å². The second kappa shape index (κ2) is 10.8. The Balaban J connectivity index is 2.05. The van der Waals surface area contributed by atoms with Gasteiger partial charge in [-0.05, 0) is 95.1 Å². The monoisotopic (exact) mass is 544 g/mol. The van der Waals surface area contributed by atoms with Gasteiger partial charge in [0, 0.05) is 24.1 Å². The molecule has 0 bridgehead atoms. The summed E-state index contributed by atoms with van der Waals surface area (Å²) in [6.45, 7) is 13.6. The molecule has 0 saturated carbocycles. The molecule has 4 aromatic carbocycles. The van der Waals surface area contributed by atoms with Crippen molar-refractivity contribution in [2.75, 3.05) is 0 Å². The summed E-state index contributed by atoms with van der Waals surface area (Å²) in [5.41, 5.74) is 4.13. The average molecular weight is 546 g/mol. The fraction of sp³-hybridized carbons (Fsp3) is 0.273. The van der Waals surface area contributed by atoms with Gasteiger partial charge in [-0.1, -0.05) is 93.9 Å². The maximum absolute atomic E-state index is 3.67. The van der Waals surface area contributed by atoms with Crippen LogP contribution in [-0.4, -0.2) is 0 Å². The first-order chi connectivity index (χ1) is 16.7. The number of rotatable bonds is 7. The molecule has 0 atom stereocenters. The van der Waals surface area contributed by atoms with E-state index in [1.807, 2.05) is 0 Å². The summed E-state index contributed by atoms with van der Waals surface area (Å²) in [7, 11) is -1.68. The standard InChI is InChI=1S/C33H37BrS/c1-23(2)26-7-15-30(16-8-26)35(33-21-13-29(34)14-22-33,31-17-9-27(10-18-31)24(3)4)32-19-11-28(12-20-32)25(5)6/h7-25H,1-6H3. The lowest BCUT2D eigenvalue weighted by molar-refractivity contribution is 0.863. The van der Waals surface area contributed by atoms with Crippen LogP contribution < -0.4 is 0 Å². The van der Waals surface area contributed by atoms with Crippen LogP contribution in [0.3, 0.4) is 0 Å². The lowest BCUT2D eigenvalue weighted by Gasteiger charge is -2.42. The van der Waals surface area contributed by atoms with Gasteiger partial charge in [-0.25, -0.2) is 0 Å². The summed E-state index contributed by atoms with van der Waals surface area (Å²) in [4.78, 5) is 5.48. The highest BCUT2D eigenvalue weighted by Gasteiger charge is 2.33. The van der Waals surface area contributed by atoms with E-state index < -0.39 is 10.0 Å². The Morgan fingerprint density at radius 1 is 0.400 bits per heavy atom. The summed E-state index contributed by atoms with van der Waals surface area (Å²) >= 11 is 3.67. The van der Waals surface area contributed by atoms with Crippen molar-refractivity contribution in [3.63, 3.8) is 0 Å². The van der Waals surface area contributed by atoms with Crippen molar-refractivity contribution in [2.24, 2.45) is 0 Å². The van der Waals surface area contributed by atoms with E-state index in [9.17, 15) is 0 Å². The molecule has 0 nitrogen and oxygen atoms in total. The van der Waals surface area contributed by atoms with E-state index in [4.69, 9.17) is 0 Å². The summed E-state index contributed by atoms with van der Waals surface area (Å²) in [5.74, 6) is 1.53. The first-order valence-electron chi connectivity index (χ1n) is 12.6. The minimum Gasteiger partial charge on any atom is -0.133 e. The van der Waals surface area contributed by atoms with Crippen LogP contribution in [0.1, 0.15) is 76.0 Å². The van der Waals surface area contributed by atoms with Crippen molar-refractivity contribution in [1.29, 1.82) is 0 Å². The van der Waals surface area contributed by atoms with Gasteiger partial charge in [-0.3, -0.25) is 0 Å². The van der Waals surface area contributed by atoms with Gasteiger partial charge in [-0.2, -0.15) is 0 Å². The van der Waals surface area contributed by atoms with Crippen molar-refractivity contribution in [1.82, 2.24) is 0 Å². The maximum atomic E-state index is 3.67. The molecule has 0 fully saturated rings. The van der Waals surface area contributed by atoms with Crippen LogP contribution in [0, 0.1) is 0 Å². The Morgan fingerprint density at radius 3 is 0.857 bits per heavy atom. The first kappa shape index (κ1) is 25.8. The fourth-order valence-electron chi connectivity index (χ4n) is 4.63. The van der Waals surface area contributed by atoms with Crippen molar-refractivity contribution in [3.8, 4) is 0 Å². The Kier molecular flexibility index (Phi) is 7.93. The van der Waals surface area contributed by atoms with Crippen molar-refractivity contribution >= 4 is 26.0 Å². The summed E-state index contributed by atoms with van der Waals surface area (Å²) in [6.07, 6.45) is 0. The Labute approximate surface area is 222 Å². The number of halogens is 1. The number of hydrogen-bond donors (Lipinski definition) is 0. The van der Waals surface area contributed by atoms with Crippen LogP contribution in [0.5, 0.6) is 0 Å². The van der Waals surface area contributed by atoms with Crippen LogP contribution in [0.4, 0.5) is 0 Å². The highest BCUT2D eigenvalue weighted by atomic mass is 79.9.